The minimum Gasteiger partial charge on any atom is -0.488 e. The van der Waals surface area contributed by atoms with Gasteiger partial charge < -0.3 is 9.84 Å². The Morgan fingerprint density at radius 1 is 1.30 bits per heavy atom. The van der Waals surface area contributed by atoms with Gasteiger partial charge in [-0.05, 0) is 36.8 Å². The van der Waals surface area contributed by atoms with Crippen LogP contribution < -0.4 is 4.74 Å². The van der Waals surface area contributed by atoms with E-state index in [-0.39, 0.29) is 6.61 Å². The van der Waals surface area contributed by atoms with E-state index in [0.717, 1.165) is 5.56 Å². The molecule has 2 aromatic rings. The number of benzene rings is 2. The molecule has 0 heterocycles. The van der Waals surface area contributed by atoms with Gasteiger partial charge in [0, 0.05) is 11.6 Å². The summed E-state index contributed by atoms with van der Waals surface area (Å²) in [6.07, 6.45) is -0.740. The molecule has 4 heteroatoms. The van der Waals surface area contributed by atoms with Crippen molar-refractivity contribution in [2.24, 2.45) is 0 Å². The van der Waals surface area contributed by atoms with Crippen LogP contribution >= 0.6 is 0 Å². The first-order valence-electron chi connectivity index (χ1n) is 6.19. The monoisotopic (exact) mass is 271 g/mol. The minimum absolute atomic E-state index is 0.207. The summed E-state index contributed by atoms with van der Waals surface area (Å²) in [4.78, 5) is 0. The number of nitriles is 1. The zero-order valence-corrected chi connectivity index (χ0v) is 11.0. The van der Waals surface area contributed by atoms with Crippen molar-refractivity contribution in [3.8, 4) is 11.8 Å². The topological polar surface area (TPSA) is 53.2 Å². The molecule has 102 valence electrons. The van der Waals surface area contributed by atoms with Gasteiger partial charge in [-0.25, -0.2) is 4.39 Å². The van der Waals surface area contributed by atoms with Crippen molar-refractivity contribution in [2.75, 3.05) is 0 Å². The van der Waals surface area contributed by atoms with Crippen LogP contribution in [-0.2, 0) is 6.61 Å². The standard InChI is InChI=1S/C16H14FNO2/c1-11(19)15-6-5-14(17)8-16(15)20-10-13-4-2-3-12(7-13)9-18/h2-8,11,19H,10H2,1H3/t11-/m0/s1. The Balaban J connectivity index is 2.18. The van der Waals surface area contributed by atoms with Crippen molar-refractivity contribution in [2.45, 2.75) is 19.6 Å². The second-order valence-corrected chi connectivity index (χ2v) is 4.46. The summed E-state index contributed by atoms with van der Waals surface area (Å²) in [6, 6.07) is 13.1. The molecular formula is C16H14FNO2. The number of ether oxygens (including phenoxy) is 1. The number of nitrogens with zero attached hydrogens (tertiary/aromatic N) is 1. The third kappa shape index (κ3) is 3.34. The van der Waals surface area contributed by atoms with Crippen molar-refractivity contribution in [1.29, 1.82) is 5.26 Å². The first-order valence-corrected chi connectivity index (χ1v) is 6.19. The van der Waals surface area contributed by atoms with E-state index in [1.165, 1.54) is 18.2 Å². The van der Waals surface area contributed by atoms with Crippen LogP contribution in [0.1, 0.15) is 29.7 Å². The van der Waals surface area contributed by atoms with Crippen LogP contribution in [0, 0.1) is 17.1 Å². The molecule has 0 spiro atoms. The first-order chi connectivity index (χ1) is 9.60. The highest BCUT2D eigenvalue weighted by Gasteiger charge is 2.10. The second kappa shape index (κ2) is 6.18. The highest BCUT2D eigenvalue weighted by atomic mass is 19.1. The molecule has 1 N–H and O–H groups in total. The molecule has 0 unspecified atom stereocenters. The average Bonchev–Trinajstić information content (AvgIpc) is 2.45. The maximum absolute atomic E-state index is 13.3. The van der Waals surface area contributed by atoms with Crippen LogP contribution in [0.3, 0.4) is 0 Å². The van der Waals surface area contributed by atoms with Gasteiger partial charge in [0.2, 0.25) is 0 Å². The van der Waals surface area contributed by atoms with E-state index < -0.39 is 11.9 Å². The van der Waals surface area contributed by atoms with Gasteiger partial charge in [-0.15, -0.1) is 0 Å². The molecule has 0 saturated heterocycles. The Morgan fingerprint density at radius 3 is 2.80 bits per heavy atom. The van der Waals surface area contributed by atoms with Gasteiger partial charge in [0.1, 0.15) is 18.2 Å². The van der Waals surface area contributed by atoms with E-state index in [0.29, 0.717) is 16.9 Å². The Labute approximate surface area is 116 Å². The number of rotatable bonds is 4. The summed E-state index contributed by atoms with van der Waals surface area (Å²) in [7, 11) is 0. The van der Waals surface area contributed by atoms with Gasteiger partial charge in [-0.3, -0.25) is 0 Å². The lowest BCUT2D eigenvalue weighted by Crippen LogP contribution is -2.01. The van der Waals surface area contributed by atoms with Crippen LogP contribution in [0.15, 0.2) is 42.5 Å². The van der Waals surface area contributed by atoms with Gasteiger partial charge in [0.15, 0.2) is 0 Å². The predicted molar refractivity (Wildman–Crippen MR) is 72.5 cm³/mol. The molecule has 2 rings (SSSR count). The van der Waals surface area contributed by atoms with Crippen molar-refractivity contribution >= 4 is 0 Å². The molecule has 0 aromatic heterocycles. The van der Waals surface area contributed by atoms with Crippen LogP contribution in [0.25, 0.3) is 0 Å². The van der Waals surface area contributed by atoms with Crippen LogP contribution in [0.2, 0.25) is 0 Å². The largest absolute Gasteiger partial charge is 0.488 e. The summed E-state index contributed by atoms with van der Waals surface area (Å²) in [5.41, 5.74) is 1.88. The quantitative estimate of drug-likeness (QED) is 0.928. The average molecular weight is 271 g/mol. The van der Waals surface area contributed by atoms with Gasteiger partial charge in [0.25, 0.3) is 0 Å². The molecule has 0 aliphatic rings. The molecule has 0 radical (unpaired) electrons. The van der Waals surface area contributed by atoms with Gasteiger partial charge >= 0.3 is 0 Å². The third-order valence-corrected chi connectivity index (χ3v) is 2.88. The number of aliphatic hydroxyl groups is 1. The van der Waals surface area contributed by atoms with Crippen LogP contribution in [0.4, 0.5) is 4.39 Å². The third-order valence-electron chi connectivity index (χ3n) is 2.88. The lowest BCUT2D eigenvalue weighted by Gasteiger charge is -2.13. The van der Waals surface area contributed by atoms with Crippen molar-refractivity contribution in [3.63, 3.8) is 0 Å². The van der Waals surface area contributed by atoms with E-state index >= 15 is 0 Å². The Bertz CT molecular complexity index is 647. The number of hydrogen-bond donors (Lipinski definition) is 1. The first kappa shape index (κ1) is 14.0. The molecule has 3 nitrogen and oxygen atoms in total. The molecule has 0 fully saturated rings. The smallest absolute Gasteiger partial charge is 0.128 e. The highest BCUT2D eigenvalue weighted by Crippen LogP contribution is 2.26. The number of hydrogen-bond acceptors (Lipinski definition) is 3. The van der Waals surface area contributed by atoms with Crippen molar-refractivity contribution in [3.05, 3.63) is 65.0 Å². The summed E-state index contributed by atoms with van der Waals surface area (Å²) in [5.74, 6) is -0.113. The molecular weight excluding hydrogens is 257 g/mol. The van der Waals surface area contributed by atoms with Gasteiger partial charge in [-0.1, -0.05) is 12.1 Å². The Morgan fingerprint density at radius 2 is 2.10 bits per heavy atom. The summed E-state index contributed by atoms with van der Waals surface area (Å²) in [5, 5.41) is 18.5. The maximum atomic E-state index is 13.3. The summed E-state index contributed by atoms with van der Waals surface area (Å²) in [6.45, 7) is 1.80. The molecule has 0 saturated carbocycles. The molecule has 0 amide bonds. The van der Waals surface area contributed by atoms with Gasteiger partial charge in [-0.2, -0.15) is 5.26 Å². The lowest BCUT2D eigenvalue weighted by molar-refractivity contribution is 0.190. The van der Waals surface area contributed by atoms with Crippen molar-refractivity contribution in [1.82, 2.24) is 0 Å². The van der Waals surface area contributed by atoms with Crippen molar-refractivity contribution < 1.29 is 14.2 Å². The van der Waals surface area contributed by atoms with Crippen LogP contribution in [-0.4, -0.2) is 5.11 Å². The Hall–Kier alpha value is -2.38. The fraction of sp³-hybridized carbons (Fsp3) is 0.188. The number of halogens is 1. The van der Waals surface area contributed by atoms with E-state index in [1.54, 1.807) is 25.1 Å². The number of aliphatic hydroxyl groups excluding tert-OH is 1. The van der Waals surface area contributed by atoms with E-state index in [2.05, 4.69) is 0 Å². The van der Waals surface area contributed by atoms with Gasteiger partial charge in [0.05, 0.1) is 17.7 Å². The van der Waals surface area contributed by atoms with E-state index in [1.807, 2.05) is 12.1 Å². The zero-order valence-electron chi connectivity index (χ0n) is 11.0. The molecule has 2 aromatic carbocycles. The molecule has 0 aliphatic carbocycles. The SMILES string of the molecule is C[C@H](O)c1ccc(F)cc1OCc1cccc(C#N)c1. The molecule has 20 heavy (non-hydrogen) atoms. The minimum atomic E-state index is -0.740. The fourth-order valence-corrected chi connectivity index (χ4v) is 1.87. The highest BCUT2D eigenvalue weighted by molar-refractivity contribution is 5.36. The molecule has 0 bridgehead atoms. The van der Waals surface area contributed by atoms with E-state index in [9.17, 15) is 9.50 Å². The predicted octanol–water partition coefficient (Wildman–Crippen LogP) is 3.33. The van der Waals surface area contributed by atoms with Crippen LogP contribution in [0.5, 0.6) is 5.75 Å². The fourth-order valence-electron chi connectivity index (χ4n) is 1.87. The second-order valence-electron chi connectivity index (χ2n) is 4.46. The summed E-state index contributed by atoms with van der Waals surface area (Å²) >= 11 is 0. The normalized spacial score (nSPS) is 11.7. The Kier molecular flexibility index (Phi) is 4.34. The molecule has 0 aliphatic heterocycles. The summed E-state index contributed by atoms with van der Waals surface area (Å²) < 4.78 is 18.8. The molecule has 1 atom stereocenters. The van der Waals surface area contributed by atoms with E-state index in [4.69, 9.17) is 10.00 Å². The zero-order chi connectivity index (χ0) is 14.5. The maximum Gasteiger partial charge on any atom is 0.128 e. The lowest BCUT2D eigenvalue weighted by atomic mass is 10.1.